The van der Waals surface area contributed by atoms with Gasteiger partial charge in [0.2, 0.25) is 5.92 Å². The molecule has 0 radical (unpaired) electrons. The van der Waals surface area contributed by atoms with Crippen LogP contribution in [0.5, 0.6) is 5.75 Å². The summed E-state index contributed by atoms with van der Waals surface area (Å²) in [5, 5.41) is 0. The summed E-state index contributed by atoms with van der Waals surface area (Å²) in [7, 11) is 1.64. The molecule has 0 aromatic heterocycles. The van der Waals surface area contributed by atoms with Gasteiger partial charge in [0, 0.05) is 12.8 Å². The summed E-state index contributed by atoms with van der Waals surface area (Å²) in [6.07, 6.45) is 1.45. The van der Waals surface area contributed by atoms with E-state index >= 15 is 0 Å². The van der Waals surface area contributed by atoms with Gasteiger partial charge in [-0.25, -0.2) is 8.78 Å². The van der Waals surface area contributed by atoms with Gasteiger partial charge >= 0.3 is 0 Å². The largest absolute Gasteiger partial charge is 0.496 e. The van der Waals surface area contributed by atoms with Crippen molar-refractivity contribution in [2.24, 2.45) is 0 Å². The zero-order valence-electron chi connectivity index (χ0n) is 10.3. The minimum absolute atomic E-state index is 0.00112. The predicted molar refractivity (Wildman–Crippen MR) is 63.9 cm³/mol. The van der Waals surface area contributed by atoms with Gasteiger partial charge in [-0.05, 0) is 36.0 Å². The lowest BCUT2D eigenvalue weighted by molar-refractivity contribution is 0.00776. The normalized spacial score (nSPS) is 22.7. The van der Waals surface area contributed by atoms with E-state index in [1.165, 1.54) is 0 Å². The number of methoxy groups -OCH3 is 1. The molecule has 0 spiro atoms. The topological polar surface area (TPSA) is 9.23 Å². The Kier molecular flexibility index (Phi) is 3.36. The number of halogens is 2. The quantitative estimate of drug-likeness (QED) is 0.770. The summed E-state index contributed by atoms with van der Waals surface area (Å²) in [4.78, 5) is 0. The van der Waals surface area contributed by atoms with Crippen LogP contribution < -0.4 is 4.74 Å². The maximum absolute atomic E-state index is 13.2. The Labute approximate surface area is 101 Å². The number of benzene rings is 1. The van der Waals surface area contributed by atoms with Crippen LogP contribution in [0, 0.1) is 0 Å². The molecule has 0 bridgehead atoms. The summed E-state index contributed by atoms with van der Waals surface area (Å²) < 4.78 is 31.6. The van der Waals surface area contributed by atoms with Gasteiger partial charge in [-0.3, -0.25) is 0 Å². The van der Waals surface area contributed by atoms with Gasteiger partial charge in [-0.15, -0.1) is 0 Å². The Hall–Kier alpha value is -1.12. The van der Waals surface area contributed by atoms with E-state index in [4.69, 9.17) is 4.74 Å². The highest BCUT2D eigenvalue weighted by Gasteiger charge is 2.39. The molecular formula is C14H18F2O. The van der Waals surface area contributed by atoms with E-state index in [9.17, 15) is 8.78 Å². The Bertz CT molecular complexity index is 401. The van der Waals surface area contributed by atoms with Crippen molar-refractivity contribution in [3.05, 3.63) is 29.3 Å². The van der Waals surface area contributed by atoms with E-state index in [-0.39, 0.29) is 18.8 Å². The first kappa shape index (κ1) is 12.3. The Morgan fingerprint density at radius 3 is 2.71 bits per heavy atom. The lowest BCUT2D eigenvalue weighted by atomic mass is 9.95. The molecule has 1 aromatic rings. The second kappa shape index (κ2) is 4.63. The highest BCUT2D eigenvalue weighted by molar-refractivity contribution is 5.39. The second-order valence-corrected chi connectivity index (χ2v) is 4.72. The highest BCUT2D eigenvalue weighted by atomic mass is 19.3. The van der Waals surface area contributed by atoms with Crippen LogP contribution in [0.15, 0.2) is 18.2 Å². The lowest BCUT2D eigenvalue weighted by Crippen LogP contribution is -2.09. The van der Waals surface area contributed by atoms with Crippen molar-refractivity contribution < 1.29 is 13.5 Å². The molecule has 3 heteroatoms. The van der Waals surface area contributed by atoms with Crippen LogP contribution in [-0.4, -0.2) is 13.0 Å². The van der Waals surface area contributed by atoms with Gasteiger partial charge in [-0.2, -0.15) is 0 Å². The van der Waals surface area contributed by atoms with E-state index in [0.29, 0.717) is 6.42 Å². The number of rotatable bonds is 3. The number of hydrogen-bond acceptors (Lipinski definition) is 1. The van der Waals surface area contributed by atoms with Gasteiger partial charge in [0.1, 0.15) is 5.75 Å². The van der Waals surface area contributed by atoms with Crippen molar-refractivity contribution in [1.82, 2.24) is 0 Å². The van der Waals surface area contributed by atoms with E-state index in [1.807, 2.05) is 25.1 Å². The second-order valence-electron chi connectivity index (χ2n) is 4.72. The minimum atomic E-state index is -2.48. The molecule has 2 rings (SSSR count). The van der Waals surface area contributed by atoms with Crippen LogP contribution in [0.3, 0.4) is 0 Å². The van der Waals surface area contributed by atoms with Crippen molar-refractivity contribution in [1.29, 1.82) is 0 Å². The van der Waals surface area contributed by atoms with Crippen molar-refractivity contribution in [2.45, 2.75) is 44.4 Å². The number of ether oxygens (including phenoxy) is 1. The predicted octanol–water partition coefficient (Wildman–Crippen LogP) is 4.16. The maximum Gasteiger partial charge on any atom is 0.248 e. The van der Waals surface area contributed by atoms with E-state index in [0.717, 1.165) is 23.3 Å². The molecule has 0 amide bonds. The highest BCUT2D eigenvalue weighted by Crippen LogP contribution is 2.44. The smallest absolute Gasteiger partial charge is 0.248 e. The van der Waals surface area contributed by atoms with Crippen LogP contribution >= 0.6 is 0 Å². The van der Waals surface area contributed by atoms with Crippen LogP contribution in [-0.2, 0) is 6.42 Å². The molecule has 1 fully saturated rings. The summed E-state index contributed by atoms with van der Waals surface area (Å²) in [5.74, 6) is -1.63. The van der Waals surface area contributed by atoms with Crippen LogP contribution in [0.4, 0.5) is 8.78 Å². The van der Waals surface area contributed by atoms with Crippen LogP contribution in [0.2, 0.25) is 0 Å². The van der Waals surface area contributed by atoms with E-state index in [1.54, 1.807) is 7.11 Å². The number of hydrogen-bond donors (Lipinski definition) is 0. The van der Waals surface area contributed by atoms with Gasteiger partial charge < -0.3 is 4.74 Å². The van der Waals surface area contributed by atoms with Gasteiger partial charge in [0.25, 0.3) is 0 Å². The van der Waals surface area contributed by atoms with Crippen molar-refractivity contribution in [3.8, 4) is 5.75 Å². The molecule has 94 valence electrons. The lowest BCUT2D eigenvalue weighted by Gasteiger charge is -2.14. The SMILES string of the molecule is CCc1cc(C2CCC(F)(F)C2)ccc1OC. The first-order valence-corrected chi connectivity index (χ1v) is 6.10. The fourth-order valence-corrected chi connectivity index (χ4v) is 2.56. The van der Waals surface area contributed by atoms with Crippen LogP contribution in [0.25, 0.3) is 0 Å². The number of alkyl halides is 2. The van der Waals surface area contributed by atoms with E-state index < -0.39 is 5.92 Å². The first-order chi connectivity index (χ1) is 8.05. The number of aryl methyl sites for hydroxylation is 1. The standard InChI is InChI=1S/C14H18F2O/c1-3-10-8-11(4-5-13(10)17-2)12-6-7-14(15,16)9-12/h4-5,8,12H,3,6-7,9H2,1-2H3. The first-order valence-electron chi connectivity index (χ1n) is 6.10. The molecular weight excluding hydrogens is 222 g/mol. The summed E-state index contributed by atoms with van der Waals surface area (Å²) in [6.45, 7) is 2.05. The zero-order valence-corrected chi connectivity index (χ0v) is 10.3. The minimum Gasteiger partial charge on any atom is -0.496 e. The third-order valence-corrected chi connectivity index (χ3v) is 3.56. The summed E-state index contributed by atoms with van der Waals surface area (Å²) in [6, 6.07) is 5.83. The molecule has 17 heavy (non-hydrogen) atoms. The van der Waals surface area contributed by atoms with E-state index in [2.05, 4.69) is 0 Å². The average Bonchev–Trinajstić information content (AvgIpc) is 2.68. The molecule has 0 N–H and O–H groups in total. The molecule has 0 saturated heterocycles. The molecule has 1 nitrogen and oxygen atoms in total. The van der Waals surface area contributed by atoms with Gasteiger partial charge in [-0.1, -0.05) is 19.1 Å². The summed E-state index contributed by atoms with van der Waals surface area (Å²) >= 11 is 0. The van der Waals surface area contributed by atoms with Crippen molar-refractivity contribution in [3.63, 3.8) is 0 Å². The third-order valence-electron chi connectivity index (χ3n) is 3.56. The van der Waals surface area contributed by atoms with Crippen LogP contribution in [0.1, 0.15) is 43.2 Å². The molecule has 1 saturated carbocycles. The van der Waals surface area contributed by atoms with Gasteiger partial charge in [0.15, 0.2) is 0 Å². The van der Waals surface area contributed by atoms with Gasteiger partial charge in [0.05, 0.1) is 7.11 Å². The Morgan fingerprint density at radius 1 is 1.41 bits per heavy atom. The average molecular weight is 240 g/mol. The molecule has 0 heterocycles. The zero-order chi connectivity index (χ0) is 12.5. The molecule has 1 aromatic carbocycles. The molecule has 1 atom stereocenters. The third kappa shape index (κ3) is 2.59. The summed E-state index contributed by atoms with van der Waals surface area (Å²) in [5.41, 5.74) is 2.13. The molecule has 0 aliphatic heterocycles. The van der Waals surface area contributed by atoms with Crippen molar-refractivity contribution >= 4 is 0 Å². The monoisotopic (exact) mass is 240 g/mol. The van der Waals surface area contributed by atoms with Crippen molar-refractivity contribution in [2.75, 3.05) is 7.11 Å². The molecule has 1 aliphatic rings. The Balaban J connectivity index is 2.23. The fraction of sp³-hybridized carbons (Fsp3) is 0.571. The molecule has 1 aliphatic carbocycles. The fourth-order valence-electron chi connectivity index (χ4n) is 2.56. The Morgan fingerprint density at radius 2 is 2.18 bits per heavy atom. The maximum atomic E-state index is 13.2. The molecule has 1 unspecified atom stereocenters.